The van der Waals surface area contributed by atoms with Crippen molar-refractivity contribution in [3.8, 4) is 21.8 Å². The number of benzene rings is 1. The summed E-state index contributed by atoms with van der Waals surface area (Å²) >= 11 is 1.57. The molecule has 0 radical (unpaired) electrons. The lowest BCUT2D eigenvalue weighted by Gasteiger charge is -2.22. The standard InChI is InChI=1S/C22H18N6OS/c1-13-10-24-18-16(11-25-19(18)26-13)20-27-17(12-30-20)14-3-2-4-15(9-14)22(29)5-7-28-8-6-23-21(22)28/h2-4,6,8-12,29H,5,7H2,1H3,(H,25,26)/t22-/m1/s1. The lowest BCUT2D eigenvalue weighted by Crippen LogP contribution is -2.25. The number of hydrogen-bond acceptors (Lipinski definition) is 6. The summed E-state index contributed by atoms with van der Waals surface area (Å²) in [5.41, 5.74) is 5.02. The topological polar surface area (TPSA) is 92.5 Å². The van der Waals surface area contributed by atoms with Crippen LogP contribution < -0.4 is 0 Å². The summed E-state index contributed by atoms with van der Waals surface area (Å²) in [5, 5.41) is 14.3. The minimum atomic E-state index is -1.07. The number of aromatic amines is 1. The Morgan fingerprint density at radius 2 is 2.17 bits per heavy atom. The fraction of sp³-hybridized carbons (Fsp3) is 0.182. The molecular weight excluding hydrogens is 396 g/mol. The van der Waals surface area contributed by atoms with Crippen LogP contribution in [0.25, 0.3) is 33.0 Å². The summed E-state index contributed by atoms with van der Waals surface area (Å²) < 4.78 is 2.01. The van der Waals surface area contributed by atoms with E-state index in [0.717, 1.165) is 50.8 Å². The minimum absolute atomic E-state index is 0.620. The van der Waals surface area contributed by atoms with Gasteiger partial charge in [-0.2, -0.15) is 0 Å². The number of nitrogens with zero attached hydrogens (tertiary/aromatic N) is 5. The Balaban J connectivity index is 1.39. The van der Waals surface area contributed by atoms with Crippen LogP contribution in [0.5, 0.6) is 0 Å². The summed E-state index contributed by atoms with van der Waals surface area (Å²) in [6.45, 7) is 2.68. The first-order chi connectivity index (χ1) is 14.6. The van der Waals surface area contributed by atoms with E-state index in [2.05, 4.69) is 19.9 Å². The van der Waals surface area contributed by atoms with Crippen LogP contribution in [-0.4, -0.2) is 34.6 Å². The zero-order valence-electron chi connectivity index (χ0n) is 16.2. The Morgan fingerprint density at radius 3 is 3.10 bits per heavy atom. The number of nitrogens with one attached hydrogen (secondary N) is 1. The molecule has 7 nitrogen and oxygen atoms in total. The van der Waals surface area contributed by atoms with Crippen LogP contribution in [0, 0.1) is 6.92 Å². The van der Waals surface area contributed by atoms with Gasteiger partial charge in [-0.25, -0.2) is 15.0 Å². The molecule has 6 rings (SSSR count). The molecule has 30 heavy (non-hydrogen) atoms. The molecule has 5 heterocycles. The number of H-pyrrole nitrogens is 1. The number of fused-ring (bicyclic) bond motifs is 2. The fourth-order valence-corrected chi connectivity index (χ4v) is 4.98. The van der Waals surface area contributed by atoms with E-state index in [-0.39, 0.29) is 0 Å². The first kappa shape index (κ1) is 17.5. The zero-order chi connectivity index (χ0) is 20.3. The van der Waals surface area contributed by atoms with E-state index in [1.807, 2.05) is 53.5 Å². The van der Waals surface area contributed by atoms with Crippen molar-refractivity contribution >= 4 is 22.5 Å². The molecule has 0 bridgehead atoms. The molecule has 0 spiro atoms. The molecule has 1 aliphatic rings. The molecule has 1 aliphatic heterocycles. The maximum Gasteiger partial charge on any atom is 0.157 e. The molecule has 0 saturated heterocycles. The third kappa shape index (κ3) is 2.54. The van der Waals surface area contributed by atoms with E-state index in [1.165, 1.54) is 0 Å². The lowest BCUT2D eigenvalue weighted by atomic mass is 9.90. The Labute approximate surface area is 176 Å². The quantitative estimate of drug-likeness (QED) is 0.467. The maximum absolute atomic E-state index is 11.4. The molecule has 0 unspecified atom stereocenters. The van der Waals surface area contributed by atoms with E-state index in [4.69, 9.17) is 4.98 Å². The SMILES string of the molecule is Cc1cnc2c(-c3nc(-c4cccc([C@]5(O)CCn6ccnc65)c4)cs3)c[nH]c2n1. The second-order valence-electron chi connectivity index (χ2n) is 7.58. The number of thiazole rings is 1. The van der Waals surface area contributed by atoms with Gasteiger partial charge in [0.1, 0.15) is 21.9 Å². The number of aromatic nitrogens is 6. The number of imidazole rings is 1. The highest BCUT2D eigenvalue weighted by Gasteiger charge is 2.40. The van der Waals surface area contributed by atoms with Crippen LogP contribution in [0.1, 0.15) is 23.5 Å². The van der Waals surface area contributed by atoms with Gasteiger partial charge in [-0.3, -0.25) is 4.98 Å². The van der Waals surface area contributed by atoms with Crippen LogP contribution in [0.4, 0.5) is 0 Å². The van der Waals surface area contributed by atoms with Gasteiger partial charge in [0.25, 0.3) is 0 Å². The van der Waals surface area contributed by atoms with Gasteiger partial charge in [-0.1, -0.05) is 18.2 Å². The molecule has 0 aliphatic carbocycles. The Kier molecular flexibility index (Phi) is 3.68. The Hall–Kier alpha value is -3.36. The van der Waals surface area contributed by atoms with Crippen LogP contribution in [0.2, 0.25) is 0 Å². The van der Waals surface area contributed by atoms with Gasteiger partial charge in [0, 0.05) is 48.7 Å². The van der Waals surface area contributed by atoms with Gasteiger partial charge >= 0.3 is 0 Å². The smallest absolute Gasteiger partial charge is 0.157 e. The molecule has 0 amide bonds. The summed E-state index contributed by atoms with van der Waals surface area (Å²) in [4.78, 5) is 21.4. The third-order valence-electron chi connectivity index (χ3n) is 5.67. The van der Waals surface area contributed by atoms with Gasteiger partial charge in [0.2, 0.25) is 0 Å². The van der Waals surface area contributed by atoms with Crippen molar-refractivity contribution < 1.29 is 5.11 Å². The number of aryl methyl sites for hydroxylation is 2. The summed E-state index contributed by atoms with van der Waals surface area (Å²) in [7, 11) is 0. The second-order valence-corrected chi connectivity index (χ2v) is 8.44. The Bertz CT molecular complexity index is 1400. The van der Waals surface area contributed by atoms with Crippen LogP contribution >= 0.6 is 11.3 Å². The van der Waals surface area contributed by atoms with Crippen molar-refractivity contribution in [3.63, 3.8) is 0 Å². The monoisotopic (exact) mass is 414 g/mol. The molecule has 0 saturated carbocycles. The van der Waals surface area contributed by atoms with Gasteiger partial charge in [-0.05, 0) is 18.6 Å². The van der Waals surface area contributed by atoms with Gasteiger partial charge in [0.15, 0.2) is 5.65 Å². The van der Waals surface area contributed by atoms with Crippen molar-refractivity contribution in [2.75, 3.05) is 0 Å². The van der Waals surface area contributed by atoms with Crippen LogP contribution in [0.15, 0.2) is 54.4 Å². The molecule has 1 atom stereocenters. The van der Waals surface area contributed by atoms with E-state index < -0.39 is 5.60 Å². The predicted octanol–water partition coefficient (Wildman–Crippen LogP) is 3.89. The largest absolute Gasteiger partial charge is 0.377 e. The highest BCUT2D eigenvalue weighted by atomic mass is 32.1. The van der Waals surface area contributed by atoms with Crippen LogP contribution in [0.3, 0.4) is 0 Å². The van der Waals surface area contributed by atoms with E-state index >= 15 is 0 Å². The second kappa shape index (κ2) is 6.32. The van der Waals surface area contributed by atoms with Crippen molar-refractivity contribution in [2.45, 2.75) is 25.5 Å². The first-order valence-corrected chi connectivity index (χ1v) is 10.6. The minimum Gasteiger partial charge on any atom is -0.377 e. The highest BCUT2D eigenvalue weighted by Crippen LogP contribution is 2.39. The summed E-state index contributed by atoms with van der Waals surface area (Å²) in [5.74, 6) is 0.700. The molecule has 0 fully saturated rings. The zero-order valence-corrected chi connectivity index (χ0v) is 17.0. The number of rotatable bonds is 3. The third-order valence-corrected chi connectivity index (χ3v) is 6.55. The van der Waals surface area contributed by atoms with Gasteiger partial charge in [-0.15, -0.1) is 11.3 Å². The molecule has 2 N–H and O–H groups in total. The molecule has 4 aromatic heterocycles. The van der Waals surface area contributed by atoms with Crippen molar-refractivity contribution in [2.24, 2.45) is 0 Å². The highest BCUT2D eigenvalue weighted by molar-refractivity contribution is 7.13. The fourth-order valence-electron chi connectivity index (χ4n) is 4.13. The summed E-state index contributed by atoms with van der Waals surface area (Å²) in [6, 6.07) is 7.96. The van der Waals surface area contributed by atoms with E-state index in [0.29, 0.717) is 12.2 Å². The molecule has 148 valence electrons. The molecule has 5 aromatic rings. The van der Waals surface area contributed by atoms with Gasteiger partial charge < -0.3 is 14.7 Å². The summed E-state index contributed by atoms with van der Waals surface area (Å²) in [6.07, 6.45) is 7.94. The lowest BCUT2D eigenvalue weighted by molar-refractivity contribution is 0.0786. The van der Waals surface area contributed by atoms with E-state index in [9.17, 15) is 5.11 Å². The maximum atomic E-state index is 11.4. The van der Waals surface area contributed by atoms with Crippen LogP contribution in [-0.2, 0) is 12.1 Å². The van der Waals surface area contributed by atoms with Gasteiger partial charge in [0.05, 0.1) is 17.0 Å². The Morgan fingerprint density at radius 1 is 1.23 bits per heavy atom. The number of hydrogen-bond donors (Lipinski definition) is 2. The molecule has 1 aromatic carbocycles. The first-order valence-electron chi connectivity index (χ1n) is 9.73. The average molecular weight is 414 g/mol. The van der Waals surface area contributed by atoms with Crippen molar-refractivity contribution in [1.82, 2.24) is 29.5 Å². The normalized spacial score (nSPS) is 18.2. The van der Waals surface area contributed by atoms with Crippen molar-refractivity contribution in [3.05, 3.63) is 71.5 Å². The predicted molar refractivity (Wildman–Crippen MR) is 115 cm³/mol. The molecule has 8 heteroatoms. The van der Waals surface area contributed by atoms with Crippen molar-refractivity contribution in [1.29, 1.82) is 0 Å². The molecular formula is C22H18N6OS. The number of aliphatic hydroxyl groups is 1. The van der Waals surface area contributed by atoms with E-state index in [1.54, 1.807) is 23.7 Å². The average Bonchev–Trinajstić information content (AvgIpc) is 3.53.